The average molecular weight is 322 g/mol. The first-order valence-electron chi connectivity index (χ1n) is 5.98. The van der Waals surface area contributed by atoms with E-state index >= 15 is 0 Å². The van der Waals surface area contributed by atoms with Crippen molar-refractivity contribution >= 4 is 40.1 Å². The molecular formula is C14H12ClN3S2. The molecule has 0 bridgehead atoms. The molecule has 3 nitrogen and oxygen atoms in total. The van der Waals surface area contributed by atoms with E-state index in [0.717, 1.165) is 31.3 Å². The second-order valence-corrected chi connectivity index (χ2v) is 7.01. The van der Waals surface area contributed by atoms with Crippen molar-refractivity contribution in [3.05, 3.63) is 40.2 Å². The second kappa shape index (κ2) is 5.52. The molecule has 0 fully saturated rings. The number of thiazole rings is 1. The van der Waals surface area contributed by atoms with Gasteiger partial charge < -0.3 is 4.90 Å². The number of halogens is 1. The monoisotopic (exact) mass is 321 g/mol. The van der Waals surface area contributed by atoms with Gasteiger partial charge in [-0.25, -0.2) is 9.97 Å². The summed E-state index contributed by atoms with van der Waals surface area (Å²) < 4.78 is 0.784. The minimum atomic E-state index is 0.784. The molecule has 0 radical (unpaired) electrons. The van der Waals surface area contributed by atoms with Crippen molar-refractivity contribution in [2.45, 2.75) is 0 Å². The molecule has 3 rings (SSSR count). The lowest BCUT2D eigenvalue weighted by molar-refractivity contribution is 1.07. The van der Waals surface area contributed by atoms with Gasteiger partial charge in [0.2, 0.25) is 0 Å². The Hall–Kier alpha value is -1.43. The number of hydrogen-bond acceptors (Lipinski definition) is 5. The third-order valence-electron chi connectivity index (χ3n) is 2.78. The van der Waals surface area contributed by atoms with E-state index in [9.17, 15) is 0 Å². The number of anilines is 1. The minimum Gasteiger partial charge on any atom is -0.363 e. The normalized spacial score (nSPS) is 10.8. The number of hydrogen-bond donors (Lipinski definition) is 0. The molecule has 20 heavy (non-hydrogen) atoms. The van der Waals surface area contributed by atoms with Gasteiger partial charge >= 0.3 is 0 Å². The van der Waals surface area contributed by atoms with Gasteiger partial charge in [-0.15, -0.1) is 22.7 Å². The zero-order valence-corrected chi connectivity index (χ0v) is 13.4. The van der Waals surface area contributed by atoms with Crippen LogP contribution in [0, 0.1) is 0 Å². The van der Waals surface area contributed by atoms with E-state index < -0.39 is 0 Å². The zero-order valence-electron chi connectivity index (χ0n) is 11.0. The Bertz CT molecular complexity index is 716. The fourth-order valence-electron chi connectivity index (χ4n) is 1.75. The van der Waals surface area contributed by atoms with Crippen molar-refractivity contribution < 1.29 is 0 Å². The van der Waals surface area contributed by atoms with Gasteiger partial charge in [-0.2, -0.15) is 0 Å². The molecule has 0 saturated carbocycles. The van der Waals surface area contributed by atoms with E-state index in [4.69, 9.17) is 11.6 Å². The van der Waals surface area contributed by atoms with Gasteiger partial charge in [0.15, 0.2) is 0 Å². The van der Waals surface area contributed by atoms with Crippen LogP contribution in [0.2, 0.25) is 4.34 Å². The molecule has 0 amide bonds. The topological polar surface area (TPSA) is 29.0 Å². The molecule has 0 atom stereocenters. The first kappa shape index (κ1) is 13.5. The highest BCUT2D eigenvalue weighted by molar-refractivity contribution is 7.20. The van der Waals surface area contributed by atoms with Gasteiger partial charge in [0.1, 0.15) is 10.8 Å². The van der Waals surface area contributed by atoms with Crippen LogP contribution in [0.4, 0.5) is 5.82 Å². The molecule has 0 aliphatic heterocycles. The molecular weight excluding hydrogens is 310 g/mol. The molecule has 0 spiro atoms. The summed E-state index contributed by atoms with van der Waals surface area (Å²) in [6.07, 6.45) is 1.86. The van der Waals surface area contributed by atoms with Crippen molar-refractivity contribution in [3.8, 4) is 21.1 Å². The number of nitrogens with zero attached hydrogens (tertiary/aromatic N) is 3. The Kier molecular flexibility index (Phi) is 3.74. The van der Waals surface area contributed by atoms with Gasteiger partial charge in [0.05, 0.1) is 14.9 Å². The molecule has 0 aromatic carbocycles. The van der Waals surface area contributed by atoms with Crippen LogP contribution in [0.5, 0.6) is 0 Å². The van der Waals surface area contributed by atoms with E-state index in [0.29, 0.717) is 0 Å². The quantitative estimate of drug-likeness (QED) is 0.703. The highest BCUT2D eigenvalue weighted by atomic mass is 35.5. The van der Waals surface area contributed by atoms with Crippen LogP contribution in [0.25, 0.3) is 21.1 Å². The van der Waals surface area contributed by atoms with Crippen molar-refractivity contribution in [3.63, 3.8) is 0 Å². The molecule has 3 aromatic rings. The summed E-state index contributed by atoms with van der Waals surface area (Å²) in [5.74, 6) is 0.940. The van der Waals surface area contributed by atoms with Crippen molar-refractivity contribution in [1.29, 1.82) is 0 Å². The Morgan fingerprint density at radius 2 is 2.00 bits per heavy atom. The first-order valence-corrected chi connectivity index (χ1v) is 8.06. The predicted molar refractivity (Wildman–Crippen MR) is 88.0 cm³/mol. The van der Waals surface area contributed by atoms with Crippen LogP contribution >= 0.6 is 34.3 Å². The zero-order chi connectivity index (χ0) is 14.1. The smallest absolute Gasteiger partial charge is 0.127 e. The summed E-state index contributed by atoms with van der Waals surface area (Å²) in [6, 6.07) is 7.94. The molecule has 102 valence electrons. The highest BCUT2D eigenvalue weighted by Gasteiger charge is 2.09. The number of rotatable bonds is 3. The fraction of sp³-hybridized carbons (Fsp3) is 0.143. The van der Waals surface area contributed by atoms with Gasteiger partial charge in [-0.1, -0.05) is 11.6 Å². The first-order chi connectivity index (χ1) is 9.63. The van der Waals surface area contributed by atoms with Crippen LogP contribution < -0.4 is 4.90 Å². The lowest BCUT2D eigenvalue weighted by atomic mass is 10.3. The van der Waals surface area contributed by atoms with Crippen LogP contribution in [-0.4, -0.2) is 24.1 Å². The van der Waals surface area contributed by atoms with Crippen LogP contribution in [0.3, 0.4) is 0 Å². The molecule has 3 aromatic heterocycles. The number of thiophene rings is 1. The van der Waals surface area contributed by atoms with Crippen LogP contribution in [0.1, 0.15) is 0 Å². The molecule has 0 N–H and O–H groups in total. The Balaban J connectivity index is 1.90. The highest BCUT2D eigenvalue weighted by Crippen LogP contribution is 2.34. The third-order valence-corrected chi connectivity index (χ3v) is 4.93. The standard InChI is InChI=1S/C14H12ClN3S2/c1-18(2)13-6-3-9(7-16-13)14-17-10(8-19-14)11-4-5-12(15)20-11/h3-8H,1-2H3. The lowest BCUT2D eigenvalue weighted by Gasteiger charge is -2.10. The third kappa shape index (κ3) is 2.70. The molecule has 3 heterocycles. The lowest BCUT2D eigenvalue weighted by Crippen LogP contribution is -2.09. The van der Waals surface area contributed by atoms with E-state index in [2.05, 4.69) is 15.3 Å². The van der Waals surface area contributed by atoms with E-state index in [-0.39, 0.29) is 0 Å². The van der Waals surface area contributed by atoms with Gasteiger partial charge in [-0.3, -0.25) is 0 Å². The summed E-state index contributed by atoms with van der Waals surface area (Å²) in [6.45, 7) is 0. The number of pyridine rings is 1. The summed E-state index contributed by atoms with van der Waals surface area (Å²) in [5.41, 5.74) is 2.01. The molecule has 6 heteroatoms. The largest absolute Gasteiger partial charge is 0.363 e. The second-order valence-electron chi connectivity index (χ2n) is 4.44. The summed E-state index contributed by atoms with van der Waals surface area (Å²) in [5, 5.41) is 3.03. The summed E-state index contributed by atoms with van der Waals surface area (Å²) in [4.78, 5) is 12.1. The predicted octanol–water partition coefficient (Wildman–Crippen LogP) is 4.65. The Morgan fingerprint density at radius 1 is 1.15 bits per heavy atom. The van der Waals surface area contributed by atoms with E-state index in [1.165, 1.54) is 0 Å². The summed E-state index contributed by atoms with van der Waals surface area (Å²) in [7, 11) is 3.95. The van der Waals surface area contributed by atoms with Crippen LogP contribution in [-0.2, 0) is 0 Å². The Labute approximate surface area is 130 Å². The molecule has 0 unspecified atom stereocenters. The molecule has 0 aliphatic rings. The number of aromatic nitrogens is 2. The maximum atomic E-state index is 5.96. The molecule has 0 aliphatic carbocycles. The molecule has 0 saturated heterocycles. The average Bonchev–Trinajstić information content (AvgIpc) is 3.07. The van der Waals surface area contributed by atoms with Crippen molar-refractivity contribution in [1.82, 2.24) is 9.97 Å². The van der Waals surface area contributed by atoms with E-state index in [1.807, 2.05) is 49.5 Å². The van der Waals surface area contributed by atoms with Gasteiger partial charge in [0.25, 0.3) is 0 Å². The minimum absolute atomic E-state index is 0.784. The fourth-order valence-corrected chi connectivity index (χ4v) is 3.64. The SMILES string of the molecule is CN(C)c1ccc(-c2nc(-c3ccc(Cl)s3)cs2)cn1. The maximum absolute atomic E-state index is 5.96. The summed E-state index contributed by atoms with van der Waals surface area (Å²) >= 11 is 9.12. The maximum Gasteiger partial charge on any atom is 0.127 e. The van der Waals surface area contributed by atoms with Crippen molar-refractivity contribution in [2.24, 2.45) is 0 Å². The Morgan fingerprint density at radius 3 is 2.60 bits per heavy atom. The van der Waals surface area contributed by atoms with Gasteiger partial charge in [0, 0.05) is 31.2 Å². The van der Waals surface area contributed by atoms with Crippen LogP contribution in [0.15, 0.2) is 35.8 Å². The van der Waals surface area contributed by atoms with Gasteiger partial charge in [-0.05, 0) is 24.3 Å². The van der Waals surface area contributed by atoms with Crippen molar-refractivity contribution in [2.75, 3.05) is 19.0 Å². The van der Waals surface area contributed by atoms with E-state index in [1.54, 1.807) is 22.7 Å².